The molecule has 0 aliphatic carbocycles. The van der Waals surface area contributed by atoms with Crippen LogP contribution >= 0.6 is 15.6 Å². The van der Waals surface area contributed by atoms with Crippen LogP contribution in [-0.4, -0.2) is 51.8 Å². The maximum atomic E-state index is 13.1. The molecule has 0 bridgehead atoms. The number of nitrogens with one attached hydrogen (secondary N) is 2. The van der Waals surface area contributed by atoms with Gasteiger partial charge in [-0.25, -0.2) is 18.7 Å². The van der Waals surface area contributed by atoms with E-state index < -0.39 is 71.3 Å². The second-order valence-corrected chi connectivity index (χ2v) is 13.2. The van der Waals surface area contributed by atoms with Crippen LogP contribution in [0.4, 0.5) is 21.1 Å². The summed E-state index contributed by atoms with van der Waals surface area (Å²) in [5.74, 6) is -0.105. The van der Waals surface area contributed by atoms with Gasteiger partial charge in [0.25, 0.3) is 15.6 Å². The van der Waals surface area contributed by atoms with Crippen molar-refractivity contribution in [1.29, 1.82) is 0 Å². The summed E-state index contributed by atoms with van der Waals surface area (Å²) < 4.78 is 54.8. The number of anilines is 2. The molecule has 5 rings (SSSR count). The Morgan fingerprint density at radius 3 is 2.16 bits per heavy atom. The number of para-hydroxylation sites is 2. The van der Waals surface area contributed by atoms with E-state index in [1.54, 1.807) is 66.7 Å². The van der Waals surface area contributed by atoms with E-state index in [0.29, 0.717) is 11.3 Å². The van der Waals surface area contributed by atoms with Gasteiger partial charge in [0.1, 0.15) is 23.8 Å². The predicted molar refractivity (Wildman–Crippen MR) is 168 cm³/mol. The van der Waals surface area contributed by atoms with Crippen LogP contribution in [-0.2, 0) is 38.6 Å². The quantitative estimate of drug-likeness (QED) is 0.102. The summed E-state index contributed by atoms with van der Waals surface area (Å²) in [6, 6.07) is 24.5. The number of carbonyl (C=O) groups excluding carboxylic acids is 2. The zero-order chi connectivity index (χ0) is 35.7. The molecular formula is C30H28N4O14P2-2. The SMILES string of the molecule is O=C(Nc1ccccc1)Nc1ccn([C@@H]2O[C@H](COP(=O)([O-])OP(=O)([O-])OCc3ccccc3)C(O)[C@@H]2OC(=O)Oc2ccccc2)c(=O)n1. The Balaban J connectivity index is 1.28. The molecule has 4 aromatic rings. The molecule has 3 N–H and O–H groups in total. The number of aliphatic hydroxyl groups excluding tert-OH is 1. The molecular weight excluding hydrogens is 702 g/mol. The molecule has 3 unspecified atom stereocenters. The molecule has 1 aromatic heterocycles. The molecule has 2 heterocycles. The first-order chi connectivity index (χ1) is 23.9. The molecule has 20 heteroatoms. The zero-order valence-corrected chi connectivity index (χ0v) is 27.4. The fraction of sp³-hybridized carbons (Fsp3) is 0.200. The summed E-state index contributed by atoms with van der Waals surface area (Å²) in [4.78, 5) is 66.4. The number of phosphoric acid groups is 2. The summed E-state index contributed by atoms with van der Waals surface area (Å²) in [6.45, 7) is -1.59. The summed E-state index contributed by atoms with van der Waals surface area (Å²) >= 11 is 0. The average Bonchev–Trinajstić information content (AvgIpc) is 3.37. The van der Waals surface area contributed by atoms with Gasteiger partial charge in [0.2, 0.25) is 0 Å². The molecule has 0 saturated carbocycles. The molecule has 0 radical (unpaired) electrons. The highest BCUT2D eigenvalue weighted by atomic mass is 31.3. The monoisotopic (exact) mass is 730 g/mol. The normalized spacial score (nSPS) is 20.9. The van der Waals surface area contributed by atoms with Gasteiger partial charge >= 0.3 is 17.9 Å². The van der Waals surface area contributed by atoms with E-state index in [9.17, 15) is 38.4 Å². The number of phosphoric ester groups is 2. The maximum absolute atomic E-state index is 13.1. The highest BCUT2D eigenvalue weighted by molar-refractivity contribution is 7.59. The second kappa shape index (κ2) is 16.3. The van der Waals surface area contributed by atoms with Crippen molar-refractivity contribution in [3.63, 3.8) is 0 Å². The number of carbonyl (C=O) groups is 2. The van der Waals surface area contributed by atoms with E-state index in [1.807, 2.05) is 0 Å². The third-order valence-corrected chi connectivity index (χ3v) is 9.21. The van der Waals surface area contributed by atoms with Crippen molar-refractivity contribution in [3.05, 3.63) is 119 Å². The molecule has 1 aliphatic rings. The molecule has 1 aliphatic heterocycles. The number of hydrogen-bond donors (Lipinski definition) is 3. The molecule has 1 saturated heterocycles. The van der Waals surface area contributed by atoms with Crippen molar-refractivity contribution >= 4 is 39.3 Å². The molecule has 3 aromatic carbocycles. The van der Waals surface area contributed by atoms with Gasteiger partial charge in [0.15, 0.2) is 12.3 Å². The van der Waals surface area contributed by atoms with Gasteiger partial charge in [-0.05, 0) is 35.9 Å². The number of amides is 2. The Kier molecular flexibility index (Phi) is 11.9. The van der Waals surface area contributed by atoms with E-state index in [4.69, 9.17) is 14.2 Å². The fourth-order valence-corrected chi connectivity index (χ4v) is 6.46. The number of aliphatic hydroxyl groups is 1. The van der Waals surface area contributed by atoms with E-state index in [-0.39, 0.29) is 11.6 Å². The summed E-state index contributed by atoms with van der Waals surface area (Å²) in [5.41, 5.74) is -0.178. The number of hydrogen-bond acceptors (Lipinski definition) is 15. The number of aromatic nitrogens is 2. The van der Waals surface area contributed by atoms with E-state index in [1.165, 1.54) is 30.3 Å². The first-order valence-electron chi connectivity index (χ1n) is 14.5. The van der Waals surface area contributed by atoms with Gasteiger partial charge in [-0.1, -0.05) is 66.7 Å². The van der Waals surface area contributed by atoms with Gasteiger partial charge in [-0.15, -0.1) is 0 Å². The topological polar surface area (TPSA) is 249 Å². The molecule has 50 heavy (non-hydrogen) atoms. The lowest BCUT2D eigenvalue weighted by Gasteiger charge is -2.31. The lowest BCUT2D eigenvalue weighted by atomic mass is 10.1. The van der Waals surface area contributed by atoms with Crippen molar-refractivity contribution < 1.29 is 61.2 Å². The number of rotatable bonds is 13. The molecule has 6 atom stereocenters. The van der Waals surface area contributed by atoms with Crippen molar-refractivity contribution in [1.82, 2.24) is 9.55 Å². The van der Waals surface area contributed by atoms with Crippen LogP contribution in [0, 0.1) is 0 Å². The van der Waals surface area contributed by atoms with E-state index in [0.717, 1.165) is 10.8 Å². The van der Waals surface area contributed by atoms with Crippen LogP contribution in [0.1, 0.15) is 11.8 Å². The van der Waals surface area contributed by atoms with Gasteiger partial charge < -0.3 is 43.5 Å². The van der Waals surface area contributed by atoms with Gasteiger partial charge in [0.05, 0.1) is 13.2 Å². The summed E-state index contributed by atoms with van der Waals surface area (Å²) in [7, 11) is -11.1. The number of benzene rings is 3. The van der Waals surface area contributed by atoms with E-state index in [2.05, 4.69) is 29.0 Å². The molecule has 18 nitrogen and oxygen atoms in total. The third kappa shape index (κ3) is 10.4. The molecule has 1 fully saturated rings. The minimum absolute atomic E-state index is 0.0753. The van der Waals surface area contributed by atoms with Crippen molar-refractivity contribution in [2.24, 2.45) is 0 Å². The molecule has 264 valence electrons. The Morgan fingerprint density at radius 2 is 1.50 bits per heavy atom. The largest absolute Gasteiger partial charge is 0.756 e. The third-order valence-electron chi connectivity index (χ3n) is 6.70. The van der Waals surface area contributed by atoms with Crippen molar-refractivity contribution in [3.8, 4) is 5.75 Å². The van der Waals surface area contributed by atoms with Crippen LogP contribution in [0.3, 0.4) is 0 Å². The minimum Gasteiger partial charge on any atom is -0.756 e. The lowest BCUT2D eigenvalue weighted by molar-refractivity contribution is -0.246. The average molecular weight is 731 g/mol. The first kappa shape index (κ1) is 36.5. The highest BCUT2D eigenvalue weighted by Crippen LogP contribution is 2.56. The minimum atomic E-state index is -5.66. The van der Waals surface area contributed by atoms with Gasteiger partial charge in [-0.2, -0.15) is 4.98 Å². The predicted octanol–water partition coefficient (Wildman–Crippen LogP) is 2.92. The number of nitrogens with zero attached hydrogens (tertiary/aromatic N) is 2. The smallest absolute Gasteiger partial charge is 0.514 e. The Bertz CT molecular complexity index is 1920. The van der Waals surface area contributed by atoms with Crippen molar-refractivity contribution in [2.75, 3.05) is 17.2 Å². The van der Waals surface area contributed by atoms with Crippen molar-refractivity contribution in [2.45, 2.75) is 31.1 Å². The van der Waals surface area contributed by atoms with Crippen LogP contribution in [0.15, 0.2) is 108 Å². The molecule has 2 amide bonds. The standard InChI is InChI=1S/C30H30N4O14P2/c35-25-23(19-44-50(41,42)48-49(39,40)43-18-20-10-4-1-5-11-20)46-27(26(25)47-30(38)45-22-14-8-3-9-15-22)34-17-16-24(33-29(34)37)32-28(36)31-21-12-6-2-7-13-21/h1-17,23,25-27,35H,18-19H2,(H,39,40)(H,41,42)(H2,31,32,33,36,37)/p-2/t23-,25?,26+,27-/m1/s1. The van der Waals surface area contributed by atoms with Crippen LogP contribution < -0.4 is 30.8 Å². The lowest BCUT2D eigenvalue weighted by Crippen LogP contribution is -2.40. The Hall–Kier alpha value is -4.74. The first-order valence-corrected chi connectivity index (χ1v) is 17.5. The van der Waals surface area contributed by atoms with Crippen LogP contribution in [0.25, 0.3) is 0 Å². The molecule has 0 spiro atoms. The van der Waals surface area contributed by atoms with Crippen LogP contribution in [0.2, 0.25) is 0 Å². The number of urea groups is 1. The number of ether oxygens (including phenoxy) is 3. The highest BCUT2D eigenvalue weighted by Gasteiger charge is 2.48. The van der Waals surface area contributed by atoms with E-state index >= 15 is 0 Å². The van der Waals surface area contributed by atoms with Gasteiger partial charge in [-0.3, -0.25) is 19.0 Å². The summed E-state index contributed by atoms with van der Waals surface area (Å²) in [5, 5.41) is 16.0. The summed E-state index contributed by atoms with van der Waals surface area (Å²) in [6.07, 6.45) is -7.14. The maximum Gasteiger partial charge on any atom is 0.514 e. The Morgan fingerprint density at radius 1 is 0.880 bits per heavy atom. The van der Waals surface area contributed by atoms with Gasteiger partial charge in [0, 0.05) is 11.9 Å². The fourth-order valence-electron chi connectivity index (χ4n) is 4.47. The second-order valence-electron chi connectivity index (χ2n) is 10.3. The Labute approximate surface area is 283 Å². The zero-order valence-electron chi connectivity index (χ0n) is 25.6. The van der Waals surface area contributed by atoms with Crippen LogP contribution in [0.5, 0.6) is 5.75 Å².